The predicted molar refractivity (Wildman–Crippen MR) is 120 cm³/mol. The number of fused-ring (bicyclic) bond motifs is 2. The molecule has 0 bridgehead atoms. The van der Waals surface area contributed by atoms with Crippen molar-refractivity contribution < 1.29 is 23.8 Å². The van der Waals surface area contributed by atoms with Crippen molar-refractivity contribution in [3.05, 3.63) is 77.4 Å². The second-order valence-corrected chi connectivity index (χ2v) is 7.77. The molecular weight excluding hydrogens is 408 g/mol. The van der Waals surface area contributed by atoms with Gasteiger partial charge >= 0.3 is 0 Å². The maximum absolute atomic E-state index is 13.6. The highest BCUT2D eigenvalue weighted by Gasteiger charge is 2.45. The number of carbonyl (C=O) groups is 2. The van der Waals surface area contributed by atoms with E-state index in [0.717, 1.165) is 16.5 Å². The number of Topliss-reactive ketones (excluding diaryl/α,β-unsaturated/α-hetero) is 1. The van der Waals surface area contributed by atoms with Crippen LogP contribution in [-0.4, -0.2) is 40.3 Å². The quantitative estimate of drug-likeness (QED) is 0.424. The van der Waals surface area contributed by atoms with Gasteiger partial charge in [0.2, 0.25) is 5.78 Å². The van der Waals surface area contributed by atoms with Crippen LogP contribution in [0.2, 0.25) is 0 Å². The summed E-state index contributed by atoms with van der Waals surface area (Å²) >= 11 is 0. The second kappa shape index (κ2) is 7.60. The number of H-pyrrole nitrogens is 1. The summed E-state index contributed by atoms with van der Waals surface area (Å²) in [6.07, 6.45) is 2.47. The molecule has 7 heteroatoms. The van der Waals surface area contributed by atoms with Crippen LogP contribution in [-0.2, 0) is 4.79 Å². The zero-order valence-electron chi connectivity index (χ0n) is 17.7. The number of amides is 1. The molecule has 0 aliphatic carbocycles. The summed E-state index contributed by atoms with van der Waals surface area (Å²) in [7, 11) is 1.53. The molecule has 1 atom stereocenters. The van der Waals surface area contributed by atoms with Crippen LogP contribution in [0.5, 0.6) is 5.75 Å². The molecule has 5 rings (SSSR count). The Kier molecular flexibility index (Phi) is 4.74. The first kappa shape index (κ1) is 19.9. The Morgan fingerprint density at radius 1 is 1.22 bits per heavy atom. The maximum Gasteiger partial charge on any atom is 0.290 e. The van der Waals surface area contributed by atoms with Crippen molar-refractivity contribution >= 4 is 33.6 Å². The fourth-order valence-electron chi connectivity index (χ4n) is 4.44. The zero-order valence-corrected chi connectivity index (χ0v) is 17.7. The number of benzene rings is 2. The number of nitrogens with one attached hydrogen (secondary N) is 1. The minimum Gasteiger partial charge on any atom is -0.503 e. The number of ether oxygens (including phenoxy) is 1. The van der Waals surface area contributed by atoms with E-state index in [1.807, 2.05) is 37.3 Å². The number of hydrogen-bond donors (Lipinski definition) is 2. The van der Waals surface area contributed by atoms with E-state index in [0.29, 0.717) is 29.7 Å². The lowest BCUT2D eigenvalue weighted by Crippen LogP contribution is -2.31. The van der Waals surface area contributed by atoms with Crippen molar-refractivity contribution in [2.24, 2.45) is 0 Å². The van der Waals surface area contributed by atoms with Crippen LogP contribution in [0.4, 0.5) is 0 Å². The van der Waals surface area contributed by atoms with E-state index in [1.54, 1.807) is 29.3 Å². The molecule has 7 nitrogen and oxygen atoms in total. The number of hydrogen-bond acceptors (Lipinski definition) is 5. The standard InChI is InChI=1S/C25H22N2O5/c1-3-11-27-21(16-13-26-17-9-5-4-8-15(16)17)20(23(29)25(27)30)22(28)19-12-14-7-6-10-18(31-2)24(14)32-19/h4-10,12-13,21,26,29H,3,11H2,1-2H3. The molecule has 3 heterocycles. The van der Waals surface area contributed by atoms with Crippen molar-refractivity contribution in [2.45, 2.75) is 19.4 Å². The van der Waals surface area contributed by atoms with Crippen molar-refractivity contribution in [1.29, 1.82) is 0 Å². The molecule has 1 amide bonds. The highest BCUT2D eigenvalue weighted by atomic mass is 16.5. The van der Waals surface area contributed by atoms with Gasteiger partial charge in [-0.1, -0.05) is 37.3 Å². The van der Waals surface area contributed by atoms with Gasteiger partial charge in [-0.2, -0.15) is 0 Å². The largest absolute Gasteiger partial charge is 0.503 e. The fourth-order valence-corrected chi connectivity index (χ4v) is 4.44. The number of rotatable bonds is 6. The first-order chi connectivity index (χ1) is 15.5. The van der Waals surface area contributed by atoms with Crippen LogP contribution in [0.25, 0.3) is 21.9 Å². The average molecular weight is 430 g/mol. The molecule has 0 fully saturated rings. The Labute approximate surface area is 183 Å². The third kappa shape index (κ3) is 2.89. The van der Waals surface area contributed by atoms with Crippen LogP contribution in [0.1, 0.15) is 35.5 Å². The number of ketones is 1. The van der Waals surface area contributed by atoms with Crippen LogP contribution < -0.4 is 4.74 Å². The fraction of sp³-hybridized carbons (Fsp3) is 0.200. The van der Waals surface area contributed by atoms with Crippen molar-refractivity contribution in [1.82, 2.24) is 9.88 Å². The molecule has 0 saturated heterocycles. The van der Waals surface area contributed by atoms with Gasteiger partial charge in [0, 0.05) is 34.6 Å². The van der Waals surface area contributed by atoms with Crippen molar-refractivity contribution in [2.75, 3.05) is 13.7 Å². The van der Waals surface area contributed by atoms with E-state index in [4.69, 9.17) is 9.15 Å². The highest BCUT2D eigenvalue weighted by molar-refractivity contribution is 6.16. The number of para-hydroxylation sites is 2. The molecule has 2 aromatic carbocycles. The number of aliphatic hydroxyl groups excluding tert-OH is 1. The first-order valence-corrected chi connectivity index (χ1v) is 10.5. The summed E-state index contributed by atoms with van der Waals surface area (Å²) in [6.45, 7) is 2.35. The number of methoxy groups -OCH3 is 1. The topological polar surface area (TPSA) is 95.8 Å². The second-order valence-electron chi connectivity index (χ2n) is 7.77. The van der Waals surface area contributed by atoms with Gasteiger partial charge in [0.25, 0.3) is 5.91 Å². The normalized spacial score (nSPS) is 16.5. The third-order valence-corrected chi connectivity index (χ3v) is 5.88. The number of carbonyl (C=O) groups excluding carboxylic acids is 2. The van der Waals surface area contributed by atoms with Gasteiger partial charge in [-0.25, -0.2) is 0 Å². The monoisotopic (exact) mass is 430 g/mol. The highest BCUT2D eigenvalue weighted by Crippen LogP contribution is 2.42. The van der Waals surface area contributed by atoms with Crippen LogP contribution in [0, 0.1) is 0 Å². The Morgan fingerprint density at radius 3 is 2.81 bits per heavy atom. The number of aliphatic hydroxyl groups is 1. The lowest BCUT2D eigenvalue weighted by molar-refractivity contribution is -0.129. The maximum atomic E-state index is 13.6. The summed E-state index contributed by atoms with van der Waals surface area (Å²) in [6, 6.07) is 13.9. The van der Waals surface area contributed by atoms with E-state index in [-0.39, 0.29) is 11.3 Å². The van der Waals surface area contributed by atoms with E-state index in [1.165, 1.54) is 7.11 Å². The molecule has 32 heavy (non-hydrogen) atoms. The van der Waals surface area contributed by atoms with Gasteiger partial charge in [0.1, 0.15) is 0 Å². The van der Waals surface area contributed by atoms with Crippen LogP contribution >= 0.6 is 0 Å². The summed E-state index contributed by atoms with van der Waals surface area (Å²) < 4.78 is 11.2. The van der Waals surface area contributed by atoms with Gasteiger partial charge in [-0.05, 0) is 24.6 Å². The zero-order chi connectivity index (χ0) is 22.4. The minimum absolute atomic E-state index is 0.0197. The molecule has 0 spiro atoms. The first-order valence-electron chi connectivity index (χ1n) is 10.5. The lowest BCUT2D eigenvalue weighted by Gasteiger charge is -2.25. The van der Waals surface area contributed by atoms with E-state index < -0.39 is 23.5 Å². The molecule has 2 aromatic heterocycles. The third-order valence-electron chi connectivity index (χ3n) is 5.88. The SMILES string of the molecule is CCCN1C(=O)C(O)=C(C(=O)c2cc3cccc(OC)c3o2)C1c1c[nH]c2ccccc12. The number of aromatic amines is 1. The van der Waals surface area contributed by atoms with Gasteiger partial charge < -0.3 is 24.1 Å². The number of nitrogens with zero attached hydrogens (tertiary/aromatic N) is 1. The molecule has 162 valence electrons. The van der Waals surface area contributed by atoms with Crippen LogP contribution in [0.3, 0.4) is 0 Å². The molecule has 2 N–H and O–H groups in total. The smallest absolute Gasteiger partial charge is 0.290 e. The molecule has 1 aliphatic rings. The van der Waals surface area contributed by atoms with Crippen LogP contribution in [0.15, 0.2) is 70.5 Å². The molecular formula is C25H22N2O5. The Morgan fingerprint density at radius 2 is 2.03 bits per heavy atom. The van der Waals surface area contributed by atoms with Gasteiger partial charge in [0.15, 0.2) is 22.9 Å². The minimum atomic E-state index is -0.721. The molecule has 1 unspecified atom stereocenters. The van der Waals surface area contributed by atoms with Crippen molar-refractivity contribution in [3.8, 4) is 5.75 Å². The molecule has 0 radical (unpaired) electrons. The van der Waals surface area contributed by atoms with Gasteiger partial charge in [0.05, 0.1) is 18.7 Å². The molecule has 1 aliphatic heterocycles. The predicted octanol–water partition coefficient (Wildman–Crippen LogP) is 4.91. The van der Waals surface area contributed by atoms with E-state index in [2.05, 4.69) is 4.98 Å². The Bertz CT molecular complexity index is 1390. The van der Waals surface area contributed by atoms with Gasteiger partial charge in [-0.3, -0.25) is 9.59 Å². The van der Waals surface area contributed by atoms with Gasteiger partial charge in [-0.15, -0.1) is 0 Å². The lowest BCUT2D eigenvalue weighted by atomic mass is 9.94. The summed E-state index contributed by atoms with van der Waals surface area (Å²) in [5.41, 5.74) is 2.10. The van der Waals surface area contributed by atoms with E-state index in [9.17, 15) is 14.7 Å². The number of furan rings is 1. The Balaban J connectivity index is 1.66. The van der Waals surface area contributed by atoms with Crippen molar-refractivity contribution in [3.63, 3.8) is 0 Å². The number of aromatic nitrogens is 1. The molecule has 0 saturated carbocycles. The summed E-state index contributed by atoms with van der Waals surface area (Å²) in [4.78, 5) is 31.3. The average Bonchev–Trinajstić information content (AvgIpc) is 3.49. The molecule has 4 aromatic rings. The van der Waals surface area contributed by atoms with E-state index >= 15 is 0 Å². The Hall–Kier alpha value is -4.00. The summed E-state index contributed by atoms with van der Waals surface area (Å²) in [5, 5.41) is 12.4. The summed E-state index contributed by atoms with van der Waals surface area (Å²) in [5.74, 6) is -1.07.